The van der Waals surface area contributed by atoms with Crippen molar-refractivity contribution in [2.24, 2.45) is 11.3 Å². The number of ether oxygens (including phenoxy) is 1. The number of rotatable bonds is 1. The van der Waals surface area contributed by atoms with Crippen molar-refractivity contribution < 1.29 is 9.53 Å². The number of esters is 1. The van der Waals surface area contributed by atoms with E-state index in [9.17, 15) is 4.79 Å². The van der Waals surface area contributed by atoms with Gasteiger partial charge in [0.15, 0.2) is 0 Å². The lowest BCUT2D eigenvalue weighted by atomic mass is 9.64. The second-order valence-electron chi connectivity index (χ2n) is 5.72. The third-order valence-corrected chi connectivity index (χ3v) is 4.20. The minimum Gasteiger partial charge on any atom is -0.469 e. The Kier molecular flexibility index (Phi) is 3.09. The first-order chi connectivity index (χ1) is 7.56. The summed E-state index contributed by atoms with van der Waals surface area (Å²) in [5.74, 6) is 0.0197. The highest BCUT2D eigenvalue weighted by molar-refractivity contribution is 5.76. The van der Waals surface area contributed by atoms with Crippen molar-refractivity contribution in [2.75, 3.05) is 7.11 Å². The van der Waals surface area contributed by atoms with Crippen molar-refractivity contribution in [1.82, 2.24) is 0 Å². The van der Waals surface area contributed by atoms with E-state index in [0.29, 0.717) is 0 Å². The molecule has 0 radical (unpaired) electrons. The Morgan fingerprint density at radius 1 is 1.31 bits per heavy atom. The zero-order chi connectivity index (χ0) is 11.8. The lowest BCUT2D eigenvalue weighted by Crippen LogP contribution is -2.33. The van der Waals surface area contributed by atoms with E-state index in [1.807, 2.05) is 0 Å². The molecular formula is C14H22O2. The fourth-order valence-electron chi connectivity index (χ4n) is 3.51. The van der Waals surface area contributed by atoms with E-state index >= 15 is 0 Å². The Morgan fingerprint density at radius 3 is 2.69 bits per heavy atom. The molecule has 2 aliphatic carbocycles. The van der Waals surface area contributed by atoms with Crippen molar-refractivity contribution in [3.05, 3.63) is 11.1 Å². The predicted octanol–water partition coefficient (Wildman–Crippen LogP) is 3.47. The summed E-state index contributed by atoms with van der Waals surface area (Å²) in [6.07, 6.45) is 7.02. The van der Waals surface area contributed by atoms with Gasteiger partial charge in [-0.05, 0) is 43.9 Å². The van der Waals surface area contributed by atoms with Crippen molar-refractivity contribution >= 4 is 5.97 Å². The van der Waals surface area contributed by atoms with Gasteiger partial charge in [-0.3, -0.25) is 4.79 Å². The largest absolute Gasteiger partial charge is 0.469 e. The molecule has 0 N–H and O–H groups in total. The van der Waals surface area contributed by atoms with E-state index in [1.165, 1.54) is 38.4 Å². The fourth-order valence-corrected chi connectivity index (χ4v) is 3.51. The van der Waals surface area contributed by atoms with Gasteiger partial charge in [-0.25, -0.2) is 0 Å². The summed E-state index contributed by atoms with van der Waals surface area (Å²) in [4.78, 5) is 11.9. The number of allylic oxidation sites excluding steroid dienone is 1. The highest BCUT2D eigenvalue weighted by Crippen LogP contribution is 2.49. The Labute approximate surface area is 98.1 Å². The molecule has 0 saturated heterocycles. The van der Waals surface area contributed by atoms with Crippen LogP contribution < -0.4 is 0 Å². The minimum atomic E-state index is -0.0258. The normalized spacial score (nSPS) is 28.6. The number of hydrogen-bond donors (Lipinski definition) is 0. The lowest BCUT2D eigenvalue weighted by molar-refractivity contribution is -0.145. The van der Waals surface area contributed by atoms with Crippen molar-refractivity contribution in [3.8, 4) is 0 Å². The summed E-state index contributed by atoms with van der Waals surface area (Å²) in [6, 6.07) is 0. The first-order valence-corrected chi connectivity index (χ1v) is 6.36. The van der Waals surface area contributed by atoms with Gasteiger partial charge >= 0.3 is 5.97 Å². The van der Waals surface area contributed by atoms with Gasteiger partial charge in [-0.1, -0.05) is 25.0 Å². The molecule has 2 nitrogen and oxygen atoms in total. The molecule has 0 aromatic rings. The molecule has 0 aromatic carbocycles. The Balaban J connectivity index is 2.37. The molecular weight excluding hydrogens is 200 g/mol. The molecule has 0 amide bonds. The van der Waals surface area contributed by atoms with Crippen LogP contribution in [0.15, 0.2) is 11.1 Å². The van der Waals surface area contributed by atoms with E-state index < -0.39 is 0 Å². The van der Waals surface area contributed by atoms with Crippen LogP contribution in [0.4, 0.5) is 0 Å². The molecule has 2 heteroatoms. The molecule has 0 aliphatic heterocycles. The van der Waals surface area contributed by atoms with Gasteiger partial charge < -0.3 is 4.74 Å². The number of methoxy groups -OCH3 is 1. The first kappa shape index (κ1) is 11.7. The van der Waals surface area contributed by atoms with Crippen LogP contribution in [0.5, 0.6) is 0 Å². The van der Waals surface area contributed by atoms with Crippen LogP contribution in [0.3, 0.4) is 0 Å². The third kappa shape index (κ3) is 1.90. The van der Waals surface area contributed by atoms with Crippen LogP contribution >= 0.6 is 0 Å². The number of carbonyl (C=O) groups excluding carboxylic acids is 1. The van der Waals surface area contributed by atoms with Gasteiger partial charge in [0.25, 0.3) is 0 Å². The van der Waals surface area contributed by atoms with Crippen LogP contribution in [0.1, 0.15) is 52.4 Å². The quantitative estimate of drug-likeness (QED) is 0.501. The zero-order valence-corrected chi connectivity index (χ0v) is 10.6. The summed E-state index contributed by atoms with van der Waals surface area (Å²) >= 11 is 0. The van der Waals surface area contributed by atoms with E-state index in [4.69, 9.17) is 4.74 Å². The maximum Gasteiger partial charge on any atom is 0.312 e. The van der Waals surface area contributed by atoms with E-state index in [-0.39, 0.29) is 17.3 Å². The summed E-state index contributed by atoms with van der Waals surface area (Å²) < 4.78 is 4.96. The smallest absolute Gasteiger partial charge is 0.312 e. The Bertz CT molecular complexity index is 322. The van der Waals surface area contributed by atoms with Gasteiger partial charge in [0.1, 0.15) is 0 Å². The summed E-state index contributed by atoms with van der Waals surface area (Å²) in [6.45, 7) is 4.56. The lowest BCUT2D eigenvalue weighted by Gasteiger charge is -2.41. The van der Waals surface area contributed by atoms with E-state index in [0.717, 1.165) is 12.8 Å². The molecule has 1 atom stereocenters. The van der Waals surface area contributed by atoms with Crippen LogP contribution in [-0.2, 0) is 9.53 Å². The molecule has 0 spiro atoms. The molecule has 1 unspecified atom stereocenters. The maximum atomic E-state index is 11.9. The Morgan fingerprint density at radius 2 is 2.00 bits per heavy atom. The monoisotopic (exact) mass is 222 g/mol. The van der Waals surface area contributed by atoms with Crippen LogP contribution in [-0.4, -0.2) is 13.1 Å². The molecule has 0 saturated carbocycles. The first-order valence-electron chi connectivity index (χ1n) is 6.36. The minimum absolute atomic E-state index is 0.0258. The molecule has 2 rings (SSSR count). The van der Waals surface area contributed by atoms with Gasteiger partial charge in [0, 0.05) is 0 Å². The molecule has 0 bridgehead atoms. The van der Waals surface area contributed by atoms with Crippen molar-refractivity contribution in [1.29, 1.82) is 0 Å². The van der Waals surface area contributed by atoms with Gasteiger partial charge in [0.2, 0.25) is 0 Å². The van der Waals surface area contributed by atoms with Gasteiger partial charge in [-0.2, -0.15) is 0 Å². The van der Waals surface area contributed by atoms with Crippen molar-refractivity contribution in [2.45, 2.75) is 52.4 Å². The average molecular weight is 222 g/mol. The second-order valence-corrected chi connectivity index (χ2v) is 5.72. The summed E-state index contributed by atoms with van der Waals surface area (Å²) in [5, 5.41) is 0. The van der Waals surface area contributed by atoms with Gasteiger partial charge in [-0.15, -0.1) is 0 Å². The maximum absolute atomic E-state index is 11.9. The summed E-state index contributed by atoms with van der Waals surface area (Å²) in [7, 11) is 1.51. The second kappa shape index (κ2) is 4.23. The standard InChI is InChI=1S/C14H22O2/c1-14(2)9-5-7-10-6-4-8-11(12(10)14)13(15)16-3/h11H,4-9H2,1-3H3. The molecule has 2 aliphatic rings. The van der Waals surface area contributed by atoms with Crippen LogP contribution in [0.2, 0.25) is 0 Å². The molecule has 0 aromatic heterocycles. The predicted molar refractivity (Wildman–Crippen MR) is 64.0 cm³/mol. The molecule has 0 fully saturated rings. The Hall–Kier alpha value is -0.790. The third-order valence-electron chi connectivity index (χ3n) is 4.20. The van der Waals surface area contributed by atoms with Crippen molar-refractivity contribution in [3.63, 3.8) is 0 Å². The number of hydrogen-bond acceptors (Lipinski definition) is 2. The molecule has 90 valence electrons. The van der Waals surface area contributed by atoms with E-state index in [2.05, 4.69) is 13.8 Å². The number of carbonyl (C=O) groups is 1. The molecule has 16 heavy (non-hydrogen) atoms. The zero-order valence-electron chi connectivity index (χ0n) is 10.6. The SMILES string of the molecule is COC(=O)C1CCCC2=C1C(C)(C)CCC2. The van der Waals surface area contributed by atoms with Crippen LogP contribution in [0, 0.1) is 11.3 Å². The highest BCUT2D eigenvalue weighted by atomic mass is 16.5. The van der Waals surface area contributed by atoms with E-state index in [1.54, 1.807) is 5.57 Å². The topological polar surface area (TPSA) is 26.3 Å². The average Bonchev–Trinajstić information content (AvgIpc) is 2.27. The highest BCUT2D eigenvalue weighted by Gasteiger charge is 2.39. The fraction of sp³-hybridized carbons (Fsp3) is 0.786. The van der Waals surface area contributed by atoms with Crippen LogP contribution in [0.25, 0.3) is 0 Å². The molecule has 0 heterocycles. The summed E-state index contributed by atoms with van der Waals surface area (Å²) in [5.41, 5.74) is 3.17. The van der Waals surface area contributed by atoms with Gasteiger partial charge in [0.05, 0.1) is 13.0 Å².